The first-order chi connectivity index (χ1) is 8.40. The highest BCUT2D eigenvalue weighted by Gasteiger charge is 2.12. The zero-order chi connectivity index (χ0) is 13.7. The number of rotatable bonds is 4. The maximum Gasteiger partial charge on any atom is 0.410 e. The van der Waals surface area contributed by atoms with Gasteiger partial charge < -0.3 is 9.64 Å². The fourth-order valence-corrected chi connectivity index (χ4v) is 1.57. The molecule has 3 heteroatoms. The van der Waals surface area contributed by atoms with Crippen molar-refractivity contribution >= 4 is 11.7 Å². The summed E-state index contributed by atoms with van der Waals surface area (Å²) in [5.41, 5.74) is 3.18. The van der Waals surface area contributed by atoms with Crippen molar-refractivity contribution in [3.05, 3.63) is 42.0 Å². The van der Waals surface area contributed by atoms with Gasteiger partial charge in [-0.2, -0.15) is 0 Å². The van der Waals surface area contributed by atoms with Gasteiger partial charge in [0.05, 0.1) is 6.10 Å². The lowest BCUT2D eigenvalue weighted by atomic mass is 10.1. The quantitative estimate of drug-likeness (QED) is 0.812. The normalized spacial score (nSPS) is 10.3. The van der Waals surface area contributed by atoms with E-state index in [0.717, 1.165) is 16.7 Å². The number of nitrogens with zero attached hydrogens (tertiary/aromatic N) is 1. The Morgan fingerprint density at radius 1 is 1.44 bits per heavy atom. The SMILES string of the molecule is C=C(C)c1cccc(CN(C)C(=O)OC(C)C)c1. The molecule has 1 rings (SSSR count). The molecule has 0 atom stereocenters. The molecule has 0 bridgehead atoms. The lowest BCUT2D eigenvalue weighted by molar-refractivity contribution is 0.0822. The van der Waals surface area contributed by atoms with Crippen LogP contribution < -0.4 is 0 Å². The van der Waals surface area contributed by atoms with Crippen LogP contribution in [0.2, 0.25) is 0 Å². The second-order valence-electron chi connectivity index (χ2n) is 4.77. The molecule has 0 N–H and O–H groups in total. The Labute approximate surface area is 109 Å². The number of hydrogen-bond donors (Lipinski definition) is 0. The molecule has 0 saturated carbocycles. The van der Waals surface area contributed by atoms with Gasteiger partial charge in [0.2, 0.25) is 0 Å². The molecular formula is C15H21NO2. The molecule has 1 aromatic rings. The first-order valence-corrected chi connectivity index (χ1v) is 6.06. The topological polar surface area (TPSA) is 29.5 Å². The molecule has 3 nitrogen and oxygen atoms in total. The van der Waals surface area contributed by atoms with E-state index >= 15 is 0 Å². The Kier molecular flexibility index (Phi) is 4.95. The number of hydrogen-bond acceptors (Lipinski definition) is 2. The number of ether oxygens (including phenoxy) is 1. The van der Waals surface area contributed by atoms with Crippen molar-refractivity contribution in [2.75, 3.05) is 7.05 Å². The summed E-state index contributed by atoms with van der Waals surface area (Å²) in [5, 5.41) is 0. The molecule has 1 amide bonds. The second-order valence-corrected chi connectivity index (χ2v) is 4.77. The van der Waals surface area contributed by atoms with Gasteiger partial charge in [0.1, 0.15) is 0 Å². The van der Waals surface area contributed by atoms with Crippen molar-refractivity contribution in [3.8, 4) is 0 Å². The Hall–Kier alpha value is -1.77. The van der Waals surface area contributed by atoms with Crippen LogP contribution in [-0.4, -0.2) is 24.1 Å². The number of carbonyl (C=O) groups excluding carboxylic acids is 1. The lowest BCUT2D eigenvalue weighted by Gasteiger charge is -2.19. The molecule has 0 radical (unpaired) electrons. The van der Waals surface area contributed by atoms with Gasteiger partial charge in [-0.1, -0.05) is 30.4 Å². The van der Waals surface area contributed by atoms with Gasteiger partial charge in [0.15, 0.2) is 0 Å². The van der Waals surface area contributed by atoms with E-state index in [2.05, 4.69) is 6.58 Å². The Morgan fingerprint density at radius 3 is 2.67 bits per heavy atom. The van der Waals surface area contributed by atoms with E-state index in [0.29, 0.717) is 6.54 Å². The molecule has 0 spiro atoms. The molecule has 0 aliphatic heterocycles. The van der Waals surface area contributed by atoms with Crippen LogP contribution in [0.25, 0.3) is 5.57 Å². The summed E-state index contributed by atoms with van der Waals surface area (Å²) in [6, 6.07) is 8.02. The van der Waals surface area contributed by atoms with Crippen LogP contribution in [0.3, 0.4) is 0 Å². The molecule has 0 aliphatic carbocycles. The van der Waals surface area contributed by atoms with Crippen molar-refractivity contribution in [3.63, 3.8) is 0 Å². The predicted octanol–water partition coefficient (Wildman–Crippen LogP) is 3.70. The summed E-state index contributed by atoms with van der Waals surface area (Å²) >= 11 is 0. The standard InChI is InChI=1S/C15H21NO2/c1-11(2)14-8-6-7-13(9-14)10-16(5)15(17)18-12(3)4/h6-9,12H,1,10H2,2-5H3. The van der Waals surface area contributed by atoms with Gasteiger partial charge in [-0.05, 0) is 38.0 Å². The largest absolute Gasteiger partial charge is 0.447 e. The second kappa shape index (κ2) is 6.24. The summed E-state index contributed by atoms with van der Waals surface area (Å²) in [5.74, 6) is 0. The van der Waals surface area contributed by atoms with Crippen LogP contribution in [0, 0.1) is 0 Å². The van der Waals surface area contributed by atoms with Gasteiger partial charge in [-0.25, -0.2) is 4.79 Å². The van der Waals surface area contributed by atoms with Gasteiger partial charge in [-0.15, -0.1) is 0 Å². The molecule has 0 saturated heterocycles. The number of benzene rings is 1. The third-order valence-corrected chi connectivity index (χ3v) is 2.49. The van der Waals surface area contributed by atoms with Crippen LogP contribution >= 0.6 is 0 Å². The molecule has 0 aliphatic rings. The minimum Gasteiger partial charge on any atom is -0.447 e. The molecular weight excluding hydrogens is 226 g/mol. The van der Waals surface area contributed by atoms with E-state index in [1.807, 2.05) is 45.0 Å². The molecule has 0 fully saturated rings. The van der Waals surface area contributed by atoms with Crippen LogP contribution in [0.1, 0.15) is 31.9 Å². The van der Waals surface area contributed by atoms with Gasteiger partial charge >= 0.3 is 6.09 Å². The van der Waals surface area contributed by atoms with Crippen molar-refractivity contribution in [1.29, 1.82) is 0 Å². The summed E-state index contributed by atoms with van der Waals surface area (Å²) in [7, 11) is 1.73. The first kappa shape index (κ1) is 14.3. The Balaban J connectivity index is 2.69. The molecule has 1 aromatic carbocycles. The Bertz CT molecular complexity index is 438. The highest BCUT2D eigenvalue weighted by molar-refractivity contribution is 5.67. The zero-order valence-corrected chi connectivity index (χ0v) is 11.6. The van der Waals surface area contributed by atoms with Crippen molar-refractivity contribution in [1.82, 2.24) is 4.90 Å². The van der Waals surface area contributed by atoms with E-state index in [1.54, 1.807) is 11.9 Å². The summed E-state index contributed by atoms with van der Waals surface area (Å²) in [6.45, 7) is 10.1. The molecule has 0 aromatic heterocycles. The molecule has 0 heterocycles. The predicted molar refractivity (Wildman–Crippen MR) is 74.2 cm³/mol. The maximum absolute atomic E-state index is 11.7. The van der Waals surface area contributed by atoms with Gasteiger partial charge in [0, 0.05) is 13.6 Å². The number of amides is 1. The van der Waals surface area contributed by atoms with Crippen LogP contribution in [0.15, 0.2) is 30.8 Å². The average molecular weight is 247 g/mol. The molecule has 98 valence electrons. The fourth-order valence-electron chi connectivity index (χ4n) is 1.57. The summed E-state index contributed by atoms with van der Waals surface area (Å²) in [4.78, 5) is 13.2. The van der Waals surface area contributed by atoms with Crippen LogP contribution in [0.4, 0.5) is 4.79 Å². The smallest absolute Gasteiger partial charge is 0.410 e. The van der Waals surface area contributed by atoms with E-state index < -0.39 is 0 Å². The van der Waals surface area contributed by atoms with Gasteiger partial charge in [-0.3, -0.25) is 0 Å². The summed E-state index contributed by atoms with van der Waals surface area (Å²) in [6.07, 6.45) is -0.396. The van der Waals surface area contributed by atoms with E-state index in [1.165, 1.54) is 0 Å². The average Bonchev–Trinajstić information content (AvgIpc) is 2.28. The molecule has 0 unspecified atom stereocenters. The van der Waals surface area contributed by atoms with Crippen LogP contribution in [0.5, 0.6) is 0 Å². The fraction of sp³-hybridized carbons (Fsp3) is 0.400. The van der Waals surface area contributed by atoms with Crippen molar-refractivity contribution in [2.24, 2.45) is 0 Å². The van der Waals surface area contributed by atoms with E-state index in [4.69, 9.17) is 4.74 Å². The maximum atomic E-state index is 11.7. The molecule has 18 heavy (non-hydrogen) atoms. The minimum atomic E-state index is -0.300. The monoisotopic (exact) mass is 247 g/mol. The number of carbonyl (C=O) groups is 1. The summed E-state index contributed by atoms with van der Waals surface area (Å²) < 4.78 is 5.13. The van der Waals surface area contributed by atoms with E-state index in [9.17, 15) is 4.79 Å². The van der Waals surface area contributed by atoms with Crippen LogP contribution in [-0.2, 0) is 11.3 Å². The highest BCUT2D eigenvalue weighted by Crippen LogP contribution is 2.14. The van der Waals surface area contributed by atoms with Crippen molar-refractivity contribution < 1.29 is 9.53 Å². The third-order valence-electron chi connectivity index (χ3n) is 2.49. The van der Waals surface area contributed by atoms with E-state index in [-0.39, 0.29) is 12.2 Å². The zero-order valence-electron chi connectivity index (χ0n) is 11.6. The highest BCUT2D eigenvalue weighted by atomic mass is 16.6. The third kappa shape index (κ3) is 4.24. The lowest BCUT2D eigenvalue weighted by Crippen LogP contribution is -2.29. The minimum absolute atomic E-state index is 0.0956. The number of allylic oxidation sites excluding steroid dienone is 1. The van der Waals surface area contributed by atoms with Gasteiger partial charge in [0.25, 0.3) is 0 Å². The Morgan fingerprint density at radius 2 is 2.11 bits per heavy atom. The van der Waals surface area contributed by atoms with Crippen molar-refractivity contribution in [2.45, 2.75) is 33.4 Å². The first-order valence-electron chi connectivity index (χ1n) is 6.06.